The summed E-state index contributed by atoms with van der Waals surface area (Å²) in [7, 11) is 1.61. The maximum Gasteiger partial charge on any atom is 0.268 e. The van der Waals surface area contributed by atoms with E-state index in [1.807, 2.05) is 62.3 Å². The number of aryl methyl sites for hydroxylation is 1. The van der Waals surface area contributed by atoms with E-state index in [1.54, 1.807) is 43.5 Å². The van der Waals surface area contributed by atoms with Crippen molar-refractivity contribution in [3.05, 3.63) is 78.4 Å². The molecule has 4 rings (SSSR count). The smallest absolute Gasteiger partial charge is 0.268 e. The van der Waals surface area contributed by atoms with Crippen LogP contribution < -0.4 is 9.47 Å². The molecule has 1 heterocycles. The van der Waals surface area contributed by atoms with Crippen molar-refractivity contribution in [3.8, 4) is 22.8 Å². The summed E-state index contributed by atoms with van der Waals surface area (Å²) in [5.41, 5.74) is 2.78. The number of ether oxygens (including phenoxy) is 2. The van der Waals surface area contributed by atoms with Crippen LogP contribution in [0.4, 0.5) is 0 Å². The Kier molecular flexibility index (Phi) is 6.44. The minimum Gasteiger partial charge on any atom is -0.497 e. The lowest BCUT2D eigenvalue weighted by Crippen LogP contribution is -2.19. The number of fused-ring (bicyclic) bond motifs is 1. The number of hydrogen-bond donors (Lipinski definition) is 0. The van der Waals surface area contributed by atoms with E-state index >= 15 is 0 Å². The van der Waals surface area contributed by atoms with Crippen LogP contribution in [0, 0.1) is 6.92 Å². The highest BCUT2D eigenvalue weighted by molar-refractivity contribution is 7.90. The van der Waals surface area contributed by atoms with E-state index < -0.39 is 10.0 Å². The van der Waals surface area contributed by atoms with Crippen LogP contribution in [0.15, 0.2) is 77.7 Å². The van der Waals surface area contributed by atoms with E-state index in [1.165, 1.54) is 3.97 Å². The summed E-state index contributed by atoms with van der Waals surface area (Å²) in [6, 6.07) is 21.7. The number of likely N-dealkylation sites (N-methyl/N-ethyl adjacent to an activating group) is 1. The fourth-order valence-electron chi connectivity index (χ4n) is 3.73. The quantitative estimate of drug-likeness (QED) is 0.375. The van der Waals surface area contributed by atoms with Crippen molar-refractivity contribution in [2.45, 2.75) is 11.8 Å². The Bertz CT molecular complexity index is 1360. The van der Waals surface area contributed by atoms with Gasteiger partial charge in [0.25, 0.3) is 10.0 Å². The second kappa shape index (κ2) is 9.29. The number of methoxy groups -OCH3 is 1. The molecule has 6 nitrogen and oxygen atoms in total. The van der Waals surface area contributed by atoms with Gasteiger partial charge >= 0.3 is 0 Å². The normalized spacial score (nSPS) is 11.8. The summed E-state index contributed by atoms with van der Waals surface area (Å²) < 4.78 is 41.0. The Morgan fingerprint density at radius 2 is 1.64 bits per heavy atom. The molecule has 33 heavy (non-hydrogen) atoms. The van der Waals surface area contributed by atoms with E-state index in [0.29, 0.717) is 41.2 Å². The molecule has 0 atom stereocenters. The van der Waals surface area contributed by atoms with E-state index in [2.05, 4.69) is 0 Å². The first-order valence-electron chi connectivity index (χ1n) is 10.7. The number of hydrogen-bond acceptors (Lipinski definition) is 5. The molecular formula is C26H28N2O4S. The van der Waals surface area contributed by atoms with Crippen LogP contribution in [0.5, 0.6) is 11.5 Å². The third-order valence-corrected chi connectivity index (χ3v) is 7.20. The molecule has 0 bridgehead atoms. The summed E-state index contributed by atoms with van der Waals surface area (Å²) >= 11 is 0. The average Bonchev–Trinajstić information content (AvgIpc) is 3.14. The van der Waals surface area contributed by atoms with Gasteiger partial charge in [0, 0.05) is 17.5 Å². The molecule has 3 aromatic carbocycles. The summed E-state index contributed by atoms with van der Waals surface area (Å²) in [6.07, 6.45) is 0. The van der Waals surface area contributed by atoms with E-state index in [4.69, 9.17) is 9.47 Å². The molecule has 172 valence electrons. The maximum absolute atomic E-state index is 14.0. The minimum atomic E-state index is -3.92. The van der Waals surface area contributed by atoms with Gasteiger partial charge in [-0.3, -0.25) is 0 Å². The zero-order valence-electron chi connectivity index (χ0n) is 19.3. The van der Waals surface area contributed by atoms with Crippen LogP contribution in [-0.4, -0.2) is 51.6 Å². The molecule has 0 aliphatic heterocycles. The largest absolute Gasteiger partial charge is 0.497 e. The molecule has 0 saturated heterocycles. The van der Waals surface area contributed by atoms with Crippen LogP contribution >= 0.6 is 0 Å². The van der Waals surface area contributed by atoms with Gasteiger partial charge in [0.2, 0.25) is 0 Å². The summed E-state index contributed by atoms with van der Waals surface area (Å²) in [6.45, 7) is 3.03. The topological polar surface area (TPSA) is 60.8 Å². The van der Waals surface area contributed by atoms with Gasteiger partial charge in [-0.1, -0.05) is 48.0 Å². The first-order valence-corrected chi connectivity index (χ1v) is 12.1. The molecule has 0 fully saturated rings. The van der Waals surface area contributed by atoms with Gasteiger partial charge in [0.15, 0.2) is 5.75 Å². The zero-order chi connectivity index (χ0) is 23.6. The van der Waals surface area contributed by atoms with Crippen LogP contribution in [0.1, 0.15) is 5.56 Å². The highest BCUT2D eigenvalue weighted by Crippen LogP contribution is 2.43. The lowest BCUT2D eigenvalue weighted by molar-refractivity contribution is 0.264. The lowest BCUT2D eigenvalue weighted by atomic mass is 10.1. The molecule has 0 N–H and O–H groups in total. The van der Waals surface area contributed by atoms with Crippen molar-refractivity contribution in [2.24, 2.45) is 0 Å². The number of aromatic nitrogens is 1. The standard InChI is InChI=1S/C26H28N2O4S/c1-19-10-13-22(14-11-19)33(29,30)28-24-15-12-21(31-4)18-23(24)26(32-17-16-27(2)3)25(28)20-8-6-5-7-9-20/h5-15,18H,16-17H2,1-4H3. The Labute approximate surface area is 195 Å². The summed E-state index contributed by atoms with van der Waals surface area (Å²) in [5.74, 6) is 1.15. The lowest BCUT2D eigenvalue weighted by Gasteiger charge is -2.15. The van der Waals surface area contributed by atoms with Gasteiger partial charge in [-0.25, -0.2) is 12.4 Å². The first kappa shape index (κ1) is 22.9. The van der Waals surface area contributed by atoms with Gasteiger partial charge in [-0.05, 0) is 51.4 Å². The molecule has 0 aliphatic rings. The molecular weight excluding hydrogens is 436 g/mol. The minimum absolute atomic E-state index is 0.220. The van der Waals surface area contributed by atoms with Crippen molar-refractivity contribution in [1.29, 1.82) is 0 Å². The Balaban J connectivity index is 2.05. The molecule has 0 unspecified atom stereocenters. The van der Waals surface area contributed by atoms with E-state index in [9.17, 15) is 8.42 Å². The van der Waals surface area contributed by atoms with Crippen molar-refractivity contribution < 1.29 is 17.9 Å². The van der Waals surface area contributed by atoms with Crippen LogP contribution in [0.2, 0.25) is 0 Å². The molecule has 0 aliphatic carbocycles. The second-order valence-corrected chi connectivity index (χ2v) is 9.95. The molecule has 7 heteroatoms. The zero-order valence-corrected chi connectivity index (χ0v) is 20.1. The molecule has 0 amide bonds. The maximum atomic E-state index is 14.0. The monoisotopic (exact) mass is 464 g/mol. The van der Waals surface area contributed by atoms with Crippen LogP contribution in [0.25, 0.3) is 22.2 Å². The van der Waals surface area contributed by atoms with Crippen molar-refractivity contribution >= 4 is 20.9 Å². The Morgan fingerprint density at radius 1 is 0.939 bits per heavy atom. The molecule has 0 radical (unpaired) electrons. The van der Waals surface area contributed by atoms with Crippen molar-refractivity contribution in [1.82, 2.24) is 8.87 Å². The van der Waals surface area contributed by atoms with Gasteiger partial charge in [0.05, 0.1) is 17.5 Å². The van der Waals surface area contributed by atoms with Crippen LogP contribution in [0.3, 0.4) is 0 Å². The predicted molar refractivity (Wildman–Crippen MR) is 132 cm³/mol. The predicted octanol–water partition coefficient (Wildman–Crippen LogP) is 4.80. The Hall–Kier alpha value is -3.29. The van der Waals surface area contributed by atoms with Gasteiger partial charge < -0.3 is 14.4 Å². The fourth-order valence-corrected chi connectivity index (χ4v) is 5.27. The van der Waals surface area contributed by atoms with Crippen molar-refractivity contribution in [3.63, 3.8) is 0 Å². The molecule has 0 spiro atoms. The number of benzene rings is 3. The summed E-state index contributed by atoms with van der Waals surface area (Å²) in [4.78, 5) is 2.24. The van der Waals surface area contributed by atoms with E-state index in [0.717, 1.165) is 11.1 Å². The molecule has 1 aromatic heterocycles. The third kappa shape index (κ3) is 4.47. The number of nitrogens with zero attached hydrogens (tertiary/aromatic N) is 2. The van der Waals surface area contributed by atoms with Crippen molar-refractivity contribution in [2.75, 3.05) is 34.4 Å². The highest BCUT2D eigenvalue weighted by atomic mass is 32.2. The number of rotatable bonds is 8. The first-order chi connectivity index (χ1) is 15.8. The Morgan fingerprint density at radius 3 is 2.27 bits per heavy atom. The van der Waals surface area contributed by atoms with Gasteiger partial charge in [-0.2, -0.15) is 0 Å². The van der Waals surface area contributed by atoms with Crippen LogP contribution in [-0.2, 0) is 10.0 Å². The average molecular weight is 465 g/mol. The van der Waals surface area contributed by atoms with Gasteiger partial charge in [-0.15, -0.1) is 0 Å². The second-order valence-electron chi connectivity index (χ2n) is 8.16. The van der Waals surface area contributed by atoms with E-state index in [-0.39, 0.29) is 4.90 Å². The van der Waals surface area contributed by atoms with Gasteiger partial charge in [0.1, 0.15) is 18.1 Å². The summed E-state index contributed by atoms with van der Waals surface area (Å²) in [5, 5.41) is 0.683. The highest BCUT2D eigenvalue weighted by Gasteiger charge is 2.29. The third-order valence-electron chi connectivity index (χ3n) is 5.48. The fraction of sp³-hybridized carbons (Fsp3) is 0.231. The molecule has 0 saturated carbocycles. The molecule has 4 aromatic rings. The SMILES string of the molecule is COc1ccc2c(c1)c(OCCN(C)C)c(-c1ccccc1)n2S(=O)(=O)c1ccc(C)cc1.